The largest absolute Gasteiger partial charge is 0.426 e. The lowest BCUT2D eigenvalue weighted by molar-refractivity contribution is -0.132. The second kappa shape index (κ2) is 7.95. The number of ether oxygens (including phenoxy) is 1. The van der Waals surface area contributed by atoms with Crippen LogP contribution < -0.4 is 10.5 Å². The molecule has 3 rings (SSSR count). The topological polar surface area (TPSA) is 69.4 Å². The van der Waals surface area contributed by atoms with Gasteiger partial charge in [0.25, 0.3) is 0 Å². The molecule has 1 unspecified atom stereocenters. The third-order valence-electron chi connectivity index (χ3n) is 4.96. The molecule has 0 saturated carbocycles. The van der Waals surface area contributed by atoms with Crippen LogP contribution in [-0.4, -0.2) is 11.8 Å². The van der Waals surface area contributed by atoms with Gasteiger partial charge in [0.2, 0.25) is 0 Å². The molecule has 0 bridgehead atoms. The average Bonchev–Trinajstić information content (AvgIpc) is 2.67. The highest BCUT2D eigenvalue weighted by molar-refractivity contribution is 6.01. The predicted octanol–water partition coefficient (Wildman–Crippen LogP) is 4.65. The Bertz CT molecular complexity index is 1020. The van der Waals surface area contributed by atoms with Gasteiger partial charge in [-0.2, -0.15) is 0 Å². The number of rotatable bonds is 6. The number of nitrogens with two attached hydrogens (primary N) is 1. The van der Waals surface area contributed by atoms with E-state index in [2.05, 4.69) is 0 Å². The minimum Gasteiger partial charge on any atom is -0.426 e. The Morgan fingerprint density at radius 2 is 1.68 bits per heavy atom. The van der Waals surface area contributed by atoms with E-state index < -0.39 is 11.5 Å². The Hall–Kier alpha value is -2.98. The standard InChI is InChI=1S/C24H25NO3/c1-4-7-22(27)24(25,19-13-10-16(2)11-14-19)23-20-9-6-5-8-18(20)12-15-21(23)28-17(3)26/h5-6,8-15H,4,7,25H2,1-3H3. The molecule has 0 radical (unpaired) electrons. The minimum atomic E-state index is -1.42. The number of fused-ring (bicyclic) bond motifs is 1. The normalized spacial score (nSPS) is 13.1. The Morgan fingerprint density at radius 3 is 2.32 bits per heavy atom. The number of carbonyl (C=O) groups excluding carboxylic acids is 2. The van der Waals surface area contributed by atoms with Gasteiger partial charge in [-0.3, -0.25) is 9.59 Å². The van der Waals surface area contributed by atoms with Gasteiger partial charge in [-0.25, -0.2) is 0 Å². The third kappa shape index (κ3) is 3.56. The van der Waals surface area contributed by atoms with Gasteiger partial charge in [-0.05, 0) is 35.7 Å². The molecule has 0 aliphatic heterocycles. The van der Waals surface area contributed by atoms with Crippen molar-refractivity contribution in [1.29, 1.82) is 0 Å². The van der Waals surface area contributed by atoms with E-state index in [1.165, 1.54) is 6.92 Å². The summed E-state index contributed by atoms with van der Waals surface area (Å²) < 4.78 is 5.50. The van der Waals surface area contributed by atoms with E-state index in [0.717, 1.165) is 16.3 Å². The van der Waals surface area contributed by atoms with Crippen molar-refractivity contribution in [2.24, 2.45) is 5.73 Å². The van der Waals surface area contributed by atoms with Gasteiger partial charge in [0, 0.05) is 18.9 Å². The Kier molecular flexibility index (Phi) is 5.61. The van der Waals surface area contributed by atoms with Crippen molar-refractivity contribution in [2.75, 3.05) is 0 Å². The van der Waals surface area contributed by atoms with E-state index in [-0.39, 0.29) is 5.78 Å². The van der Waals surface area contributed by atoms with Crippen LogP contribution in [0, 0.1) is 6.92 Å². The maximum Gasteiger partial charge on any atom is 0.308 e. The van der Waals surface area contributed by atoms with Crippen molar-refractivity contribution < 1.29 is 14.3 Å². The molecule has 0 amide bonds. The molecule has 0 fully saturated rings. The molecule has 0 aromatic heterocycles. The smallest absolute Gasteiger partial charge is 0.308 e. The number of aryl methyl sites for hydroxylation is 1. The summed E-state index contributed by atoms with van der Waals surface area (Å²) in [5.41, 5.74) is 7.79. The maximum absolute atomic E-state index is 13.4. The zero-order valence-corrected chi connectivity index (χ0v) is 16.5. The zero-order valence-electron chi connectivity index (χ0n) is 16.5. The van der Waals surface area contributed by atoms with Gasteiger partial charge in [-0.15, -0.1) is 0 Å². The fourth-order valence-electron chi connectivity index (χ4n) is 3.58. The second-order valence-corrected chi connectivity index (χ2v) is 7.10. The fraction of sp³-hybridized carbons (Fsp3) is 0.250. The molecule has 4 heteroatoms. The first-order valence-electron chi connectivity index (χ1n) is 9.48. The van der Waals surface area contributed by atoms with Crippen LogP contribution in [0.4, 0.5) is 0 Å². The summed E-state index contributed by atoms with van der Waals surface area (Å²) in [6, 6.07) is 18.9. The SMILES string of the molecule is CCCC(=O)C(N)(c1ccc(C)cc1)c1c(OC(C)=O)ccc2ccccc12. The quantitative estimate of drug-likeness (QED) is 0.503. The van der Waals surface area contributed by atoms with Crippen LogP contribution in [0.1, 0.15) is 43.4 Å². The van der Waals surface area contributed by atoms with Crippen molar-refractivity contribution in [1.82, 2.24) is 0 Å². The number of hydrogen-bond donors (Lipinski definition) is 1. The minimum absolute atomic E-state index is 0.108. The van der Waals surface area contributed by atoms with Crippen LogP contribution in [0.3, 0.4) is 0 Å². The van der Waals surface area contributed by atoms with Crippen LogP contribution in [0.25, 0.3) is 10.8 Å². The summed E-state index contributed by atoms with van der Waals surface area (Å²) in [6.07, 6.45) is 1.00. The molecule has 0 saturated heterocycles. The highest BCUT2D eigenvalue weighted by Crippen LogP contribution is 2.40. The van der Waals surface area contributed by atoms with Gasteiger partial charge in [0.15, 0.2) is 5.78 Å². The fourth-order valence-corrected chi connectivity index (χ4v) is 3.58. The lowest BCUT2D eigenvalue weighted by atomic mass is 9.76. The van der Waals surface area contributed by atoms with E-state index in [0.29, 0.717) is 29.7 Å². The van der Waals surface area contributed by atoms with Crippen LogP contribution in [0.2, 0.25) is 0 Å². The van der Waals surface area contributed by atoms with Crippen LogP contribution >= 0.6 is 0 Å². The summed E-state index contributed by atoms with van der Waals surface area (Å²) in [7, 11) is 0. The number of Topliss-reactive ketones (excluding diaryl/α,β-unsaturated/α-hetero) is 1. The van der Waals surface area contributed by atoms with E-state index in [9.17, 15) is 9.59 Å². The average molecular weight is 375 g/mol. The molecule has 0 aliphatic carbocycles. The Morgan fingerprint density at radius 1 is 1.00 bits per heavy atom. The van der Waals surface area contributed by atoms with Crippen LogP contribution in [-0.2, 0) is 15.1 Å². The van der Waals surface area contributed by atoms with Crippen LogP contribution in [0.15, 0.2) is 60.7 Å². The molecule has 0 aliphatic rings. The van der Waals surface area contributed by atoms with Crippen molar-refractivity contribution in [3.63, 3.8) is 0 Å². The molecule has 4 nitrogen and oxygen atoms in total. The molecule has 0 heterocycles. The predicted molar refractivity (Wildman–Crippen MR) is 111 cm³/mol. The molecule has 3 aromatic carbocycles. The van der Waals surface area contributed by atoms with E-state index in [1.807, 2.05) is 68.4 Å². The summed E-state index contributed by atoms with van der Waals surface area (Å²) in [4.78, 5) is 25.1. The summed E-state index contributed by atoms with van der Waals surface area (Å²) in [5.74, 6) is -0.243. The number of benzene rings is 3. The summed E-state index contributed by atoms with van der Waals surface area (Å²) >= 11 is 0. The summed E-state index contributed by atoms with van der Waals surface area (Å²) in [6.45, 7) is 5.28. The summed E-state index contributed by atoms with van der Waals surface area (Å²) in [5, 5.41) is 1.73. The van der Waals surface area contributed by atoms with Gasteiger partial charge < -0.3 is 10.5 Å². The van der Waals surface area contributed by atoms with Gasteiger partial charge in [0.1, 0.15) is 11.3 Å². The Balaban J connectivity index is 2.38. The Labute approximate surface area is 165 Å². The first-order chi connectivity index (χ1) is 13.4. The van der Waals surface area contributed by atoms with E-state index >= 15 is 0 Å². The molecular formula is C24H25NO3. The zero-order chi connectivity index (χ0) is 20.3. The third-order valence-corrected chi connectivity index (χ3v) is 4.96. The monoisotopic (exact) mass is 375 g/mol. The van der Waals surface area contributed by atoms with E-state index in [4.69, 9.17) is 10.5 Å². The number of ketones is 1. The lowest BCUT2D eigenvalue weighted by Gasteiger charge is -2.32. The maximum atomic E-state index is 13.4. The van der Waals surface area contributed by atoms with Crippen molar-refractivity contribution in [3.8, 4) is 5.75 Å². The van der Waals surface area contributed by atoms with Crippen molar-refractivity contribution in [2.45, 2.75) is 39.2 Å². The highest BCUT2D eigenvalue weighted by Gasteiger charge is 2.41. The number of carbonyl (C=O) groups is 2. The first-order valence-corrected chi connectivity index (χ1v) is 9.48. The second-order valence-electron chi connectivity index (χ2n) is 7.10. The number of esters is 1. The molecule has 1 atom stereocenters. The highest BCUT2D eigenvalue weighted by atomic mass is 16.5. The lowest BCUT2D eigenvalue weighted by Crippen LogP contribution is -2.46. The molecule has 28 heavy (non-hydrogen) atoms. The van der Waals surface area contributed by atoms with Crippen molar-refractivity contribution in [3.05, 3.63) is 77.4 Å². The molecule has 2 N–H and O–H groups in total. The van der Waals surface area contributed by atoms with Gasteiger partial charge in [-0.1, -0.05) is 67.1 Å². The molecular weight excluding hydrogens is 350 g/mol. The molecule has 144 valence electrons. The van der Waals surface area contributed by atoms with Crippen LogP contribution in [0.5, 0.6) is 5.75 Å². The number of hydrogen-bond acceptors (Lipinski definition) is 4. The van der Waals surface area contributed by atoms with Gasteiger partial charge >= 0.3 is 5.97 Å². The molecule has 0 spiro atoms. The molecule has 3 aromatic rings. The van der Waals surface area contributed by atoms with Gasteiger partial charge in [0.05, 0.1) is 0 Å². The first kappa shape index (κ1) is 19.8. The van der Waals surface area contributed by atoms with E-state index in [1.54, 1.807) is 6.07 Å². The van der Waals surface area contributed by atoms with Crippen molar-refractivity contribution >= 4 is 22.5 Å².